The number of hydrogen-bond acceptors (Lipinski definition) is 3. The maximum atomic E-state index is 11.1. The van der Waals surface area contributed by atoms with E-state index in [4.69, 9.17) is 4.74 Å². The van der Waals surface area contributed by atoms with Crippen LogP contribution in [0.25, 0.3) is 0 Å². The summed E-state index contributed by atoms with van der Waals surface area (Å²) in [7, 11) is 3.45. The van der Waals surface area contributed by atoms with Gasteiger partial charge in [0.1, 0.15) is 0 Å². The molecule has 0 bridgehead atoms. The van der Waals surface area contributed by atoms with Crippen molar-refractivity contribution in [2.75, 3.05) is 31.4 Å². The molecular formula is C19H46HgN2O3. The van der Waals surface area contributed by atoms with Gasteiger partial charge >= 0.3 is 93.2 Å². The third-order valence-electron chi connectivity index (χ3n) is 2.30. The molecule has 0 atom stereocenters. The Labute approximate surface area is 171 Å². The molecule has 0 heterocycles. The normalized spacial score (nSPS) is 7.48. The van der Waals surface area contributed by atoms with Crippen LogP contribution in [0.1, 0.15) is 75.2 Å². The van der Waals surface area contributed by atoms with Gasteiger partial charge in [-0.3, -0.25) is 4.79 Å². The molecule has 0 aromatic rings. The number of nitrogens with zero attached hydrogens (tertiary/aromatic N) is 1. The summed E-state index contributed by atoms with van der Waals surface area (Å²) in [5, 5.41) is 2.94. The van der Waals surface area contributed by atoms with Crippen molar-refractivity contribution in [1.29, 1.82) is 0 Å². The molecule has 2 amide bonds. The first kappa shape index (κ1) is 35.9. The van der Waals surface area contributed by atoms with Gasteiger partial charge in [0.05, 0.1) is 0 Å². The second-order valence-electron chi connectivity index (χ2n) is 4.48. The van der Waals surface area contributed by atoms with Crippen LogP contribution in [0.5, 0.6) is 0 Å². The van der Waals surface area contributed by atoms with Gasteiger partial charge in [-0.05, 0) is 0 Å². The van der Waals surface area contributed by atoms with E-state index in [2.05, 4.69) is 19.2 Å². The van der Waals surface area contributed by atoms with E-state index in [1.54, 1.807) is 14.1 Å². The van der Waals surface area contributed by atoms with E-state index in [0.717, 1.165) is 17.1 Å². The zero-order valence-corrected chi connectivity index (χ0v) is 24.6. The molecule has 0 fully saturated rings. The molecule has 0 spiro atoms. The van der Waals surface area contributed by atoms with Crippen LogP contribution in [0.2, 0.25) is 3.93 Å². The summed E-state index contributed by atoms with van der Waals surface area (Å²) in [6.07, 6.45) is 1.55. The van der Waals surface area contributed by atoms with Gasteiger partial charge in [-0.2, -0.15) is 0 Å². The van der Waals surface area contributed by atoms with Crippen LogP contribution in [-0.2, 0) is 38.9 Å². The molecule has 0 radical (unpaired) electrons. The zero-order chi connectivity index (χ0) is 21.1. The molecule has 0 aromatic heterocycles. The Morgan fingerprint density at radius 3 is 1.72 bits per heavy atom. The molecule has 152 valence electrons. The Bertz CT molecular complexity index is 239. The number of carbonyl (C=O) groups excluding carboxylic acids is 2. The third kappa shape index (κ3) is 51.6. The third-order valence-corrected chi connectivity index (χ3v) is 7.40. The van der Waals surface area contributed by atoms with E-state index in [1.807, 2.05) is 41.5 Å². The summed E-state index contributed by atoms with van der Waals surface area (Å²) in [5.41, 5.74) is 0. The number of rotatable bonds is 8. The zero-order valence-electron chi connectivity index (χ0n) is 19.1. The van der Waals surface area contributed by atoms with Crippen LogP contribution in [0.4, 0.5) is 0 Å². The van der Waals surface area contributed by atoms with E-state index < -0.39 is 24.6 Å². The van der Waals surface area contributed by atoms with Crippen LogP contribution < -0.4 is 5.32 Å². The van der Waals surface area contributed by atoms with Crippen molar-refractivity contribution >= 4 is 11.8 Å². The fourth-order valence-electron chi connectivity index (χ4n) is 0.904. The van der Waals surface area contributed by atoms with Crippen LogP contribution in [0, 0.1) is 0 Å². The minimum absolute atomic E-state index is 0.0926. The fraction of sp³-hybridized carbons (Fsp3) is 0.895. The van der Waals surface area contributed by atoms with E-state index in [0.29, 0.717) is 13.0 Å². The molecule has 0 saturated carbocycles. The van der Waals surface area contributed by atoms with Gasteiger partial charge < -0.3 is 4.90 Å². The predicted molar refractivity (Wildman–Crippen MR) is 108 cm³/mol. The molecule has 25 heavy (non-hydrogen) atoms. The number of hydrogen-bond donors (Lipinski definition) is 1. The van der Waals surface area contributed by atoms with Crippen molar-refractivity contribution < 1.29 is 38.9 Å². The summed E-state index contributed by atoms with van der Waals surface area (Å²) >= 11 is -0.677. The molecule has 0 aliphatic heterocycles. The van der Waals surface area contributed by atoms with Gasteiger partial charge in [0.25, 0.3) is 0 Å². The molecule has 0 saturated heterocycles. The van der Waals surface area contributed by atoms with Crippen molar-refractivity contribution in [3.8, 4) is 0 Å². The van der Waals surface area contributed by atoms with Gasteiger partial charge in [-0.1, -0.05) is 41.5 Å². The molecule has 0 aliphatic rings. The van der Waals surface area contributed by atoms with Crippen molar-refractivity contribution in [2.45, 2.75) is 79.1 Å². The van der Waals surface area contributed by atoms with E-state index in [-0.39, 0.29) is 11.8 Å². The quantitative estimate of drug-likeness (QED) is 0.356. The molecule has 0 rings (SSSR count). The topological polar surface area (TPSA) is 58.6 Å². The number of nitrogens with one attached hydrogen (secondary N) is 1. The van der Waals surface area contributed by atoms with Crippen molar-refractivity contribution in [2.24, 2.45) is 0 Å². The Kier molecular flexibility index (Phi) is 56.0. The molecule has 5 nitrogen and oxygen atoms in total. The van der Waals surface area contributed by atoms with Gasteiger partial charge in [-0.25, -0.2) is 0 Å². The first-order valence-corrected chi connectivity index (χ1v) is 17.7. The summed E-state index contributed by atoms with van der Waals surface area (Å²) in [5.74, 6) is 0.250. The molecule has 0 unspecified atom stereocenters. The van der Waals surface area contributed by atoms with Crippen LogP contribution >= 0.6 is 0 Å². The number of carbonyl (C=O) groups is 2. The molecule has 1 N–H and O–H groups in total. The molecule has 0 aliphatic carbocycles. The molecular weight excluding hydrogens is 505 g/mol. The van der Waals surface area contributed by atoms with Crippen LogP contribution in [0.3, 0.4) is 0 Å². The molecule has 0 aromatic carbocycles. The van der Waals surface area contributed by atoms with Gasteiger partial charge in [0.15, 0.2) is 0 Å². The monoisotopic (exact) mass is 552 g/mol. The van der Waals surface area contributed by atoms with Gasteiger partial charge in [0, 0.05) is 21.0 Å². The maximum absolute atomic E-state index is 11.1. The number of amides is 2. The van der Waals surface area contributed by atoms with E-state index in [9.17, 15) is 9.59 Å². The molecule has 6 heteroatoms. The van der Waals surface area contributed by atoms with E-state index in [1.165, 1.54) is 15.8 Å². The SMILES string of the molecule is CC.CC.CC.CC(=O)N(C)C.CCCOCCC(=O)N[CH2][Hg][CH2]C. The summed E-state index contributed by atoms with van der Waals surface area (Å²) in [6, 6.07) is 0. The Morgan fingerprint density at radius 2 is 1.40 bits per heavy atom. The van der Waals surface area contributed by atoms with E-state index >= 15 is 0 Å². The standard InChI is InChI=1S/C7H14NO2.C4H9NO.3C2H6.C2H5.Hg/c1-3-5-10-6-4-7(9)8-2;1-4(6)5(2)3;4*1-2;/h2-6H2,1H3,(H,8,9);1-3H3;3*1-2H3;1H2,2H3;. The Balaban J connectivity index is -0.0000000929. The fourth-order valence-corrected chi connectivity index (χ4v) is 4.05. The van der Waals surface area contributed by atoms with Crippen molar-refractivity contribution in [1.82, 2.24) is 10.2 Å². The number of ether oxygens (including phenoxy) is 1. The van der Waals surface area contributed by atoms with Crippen LogP contribution in [0.15, 0.2) is 0 Å². The predicted octanol–water partition coefficient (Wildman–Crippen LogP) is 4.57. The van der Waals surface area contributed by atoms with Crippen molar-refractivity contribution in [3.63, 3.8) is 0 Å². The second-order valence-corrected chi connectivity index (χ2v) is 13.1. The minimum atomic E-state index is -0.677. The average molecular weight is 551 g/mol. The second kappa shape index (κ2) is 39.1. The summed E-state index contributed by atoms with van der Waals surface area (Å²) in [6.45, 7) is 19.1. The summed E-state index contributed by atoms with van der Waals surface area (Å²) < 4.78 is 7.57. The first-order chi connectivity index (χ1) is 12.0. The van der Waals surface area contributed by atoms with Gasteiger partial charge in [-0.15, -0.1) is 0 Å². The van der Waals surface area contributed by atoms with Crippen LogP contribution in [-0.4, -0.2) is 48.1 Å². The Hall–Kier alpha value is -0.165. The summed E-state index contributed by atoms with van der Waals surface area (Å²) in [4.78, 5) is 22.7. The van der Waals surface area contributed by atoms with Gasteiger partial charge in [0.2, 0.25) is 5.91 Å². The van der Waals surface area contributed by atoms with Crippen molar-refractivity contribution in [3.05, 3.63) is 0 Å². The first-order valence-electron chi connectivity index (χ1n) is 9.97. The average Bonchev–Trinajstić information content (AvgIpc) is 2.64. The Morgan fingerprint density at radius 1 is 0.960 bits per heavy atom.